The van der Waals surface area contributed by atoms with Crippen molar-refractivity contribution in [2.24, 2.45) is 0 Å². The molecular formula is C18H17ClFN5O3. The van der Waals surface area contributed by atoms with Crippen LogP contribution in [0.2, 0.25) is 5.02 Å². The molecule has 0 fully saturated rings. The van der Waals surface area contributed by atoms with E-state index in [4.69, 9.17) is 22.4 Å². The number of halogens is 2. The average molecular weight is 406 g/mol. The van der Waals surface area contributed by atoms with Crippen LogP contribution in [0.5, 0.6) is 0 Å². The van der Waals surface area contributed by atoms with Gasteiger partial charge in [-0.2, -0.15) is 0 Å². The number of hydrogen-bond donors (Lipinski definition) is 3. The fourth-order valence-corrected chi connectivity index (χ4v) is 3.06. The van der Waals surface area contributed by atoms with Crippen molar-refractivity contribution >= 4 is 34.4 Å². The fraction of sp³-hybridized carbons (Fsp3) is 0.222. The Morgan fingerprint density at radius 2 is 2.07 bits per heavy atom. The predicted octanol–water partition coefficient (Wildman–Crippen LogP) is 2.75. The van der Waals surface area contributed by atoms with Gasteiger partial charge in [0.25, 0.3) is 5.56 Å². The van der Waals surface area contributed by atoms with Crippen molar-refractivity contribution in [1.82, 2.24) is 19.9 Å². The molecule has 0 radical (unpaired) electrons. The van der Waals surface area contributed by atoms with Gasteiger partial charge in [-0.25, -0.2) is 19.2 Å². The molecule has 1 aromatic carbocycles. The number of aryl methyl sites for hydroxylation is 1. The molecule has 0 aliphatic carbocycles. The highest BCUT2D eigenvalue weighted by atomic mass is 35.5. The molecule has 10 heteroatoms. The molecule has 0 spiro atoms. The normalized spacial score (nSPS) is 10.9. The van der Waals surface area contributed by atoms with Gasteiger partial charge < -0.3 is 16.2 Å². The lowest BCUT2D eigenvalue weighted by Gasteiger charge is -2.14. The number of nitrogen functional groups attached to an aromatic ring is 1. The molecule has 0 aliphatic heterocycles. The van der Waals surface area contributed by atoms with Crippen molar-refractivity contribution in [1.29, 1.82) is 0 Å². The van der Waals surface area contributed by atoms with Gasteiger partial charge in [-0.3, -0.25) is 9.36 Å². The molecule has 3 aromatic rings. The van der Waals surface area contributed by atoms with Gasteiger partial charge in [-0.1, -0.05) is 11.6 Å². The van der Waals surface area contributed by atoms with Crippen molar-refractivity contribution < 1.29 is 14.3 Å². The van der Waals surface area contributed by atoms with E-state index < -0.39 is 17.5 Å². The SMILES string of the molecule is Nc1ccc(-n2c(CCCCNC(=O)O)nc3ccc(F)c(Cl)c3c2=O)cn1. The molecule has 146 valence electrons. The third kappa shape index (κ3) is 4.04. The summed E-state index contributed by atoms with van der Waals surface area (Å²) in [5.74, 6) is 0.0144. The van der Waals surface area contributed by atoms with E-state index in [1.807, 2.05) is 0 Å². The van der Waals surface area contributed by atoms with Crippen LogP contribution in [0.4, 0.5) is 15.0 Å². The summed E-state index contributed by atoms with van der Waals surface area (Å²) in [6, 6.07) is 5.71. The molecule has 1 amide bonds. The van der Waals surface area contributed by atoms with E-state index in [9.17, 15) is 14.0 Å². The van der Waals surface area contributed by atoms with Gasteiger partial charge in [-0.05, 0) is 37.1 Å². The van der Waals surface area contributed by atoms with E-state index in [0.29, 0.717) is 30.8 Å². The Kier molecular flexibility index (Phi) is 5.74. The number of nitrogens with zero attached hydrogens (tertiary/aromatic N) is 3. The molecule has 28 heavy (non-hydrogen) atoms. The topological polar surface area (TPSA) is 123 Å². The summed E-state index contributed by atoms with van der Waals surface area (Å²) in [6.45, 7) is 0.285. The molecule has 2 aromatic heterocycles. The predicted molar refractivity (Wildman–Crippen MR) is 103 cm³/mol. The number of hydrogen-bond acceptors (Lipinski definition) is 5. The zero-order valence-corrected chi connectivity index (χ0v) is 15.4. The number of carbonyl (C=O) groups is 1. The second-order valence-corrected chi connectivity index (χ2v) is 6.43. The minimum absolute atomic E-state index is 0.0187. The lowest BCUT2D eigenvalue weighted by molar-refractivity contribution is 0.194. The largest absolute Gasteiger partial charge is 0.465 e. The van der Waals surface area contributed by atoms with E-state index in [1.54, 1.807) is 12.1 Å². The number of nitrogens with one attached hydrogen (secondary N) is 1. The van der Waals surface area contributed by atoms with Gasteiger partial charge in [-0.15, -0.1) is 0 Å². The van der Waals surface area contributed by atoms with Crippen LogP contribution in [-0.2, 0) is 6.42 Å². The molecule has 4 N–H and O–H groups in total. The highest BCUT2D eigenvalue weighted by molar-refractivity contribution is 6.35. The second-order valence-electron chi connectivity index (χ2n) is 6.05. The van der Waals surface area contributed by atoms with Crippen molar-refractivity contribution in [3.8, 4) is 5.69 Å². The Labute approximate surface area is 163 Å². The third-order valence-corrected chi connectivity index (χ3v) is 4.50. The summed E-state index contributed by atoms with van der Waals surface area (Å²) in [7, 11) is 0. The molecule has 0 aliphatic rings. The molecule has 3 rings (SSSR count). The number of fused-ring (bicyclic) bond motifs is 1. The standard InChI is InChI=1S/C18H17ClFN5O3/c19-16-11(20)5-6-12-15(16)17(26)25(10-4-7-13(21)23-9-10)14(24-12)3-1-2-8-22-18(27)28/h4-7,9,22H,1-3,8H2,(H2,21,23)(H,27,28). The van der Waals surface area contributed by atoms with Crippen LogP contribution in [0.15, 0.2) is 35.3 Å². The summed E-state index contributed by atoms with van der Waals surface area (Å²) < 4.78 is 15.2. The van der Waals surface area contributed by atoms with Crippen LogP contribution >= 0.6 is 11.6 Å². The van der Waals surface area contributed by atoms with E-state index in [2.05, 4.69) is 15.3 Å². The van der Waals surface area contributed by atoms with Crippen molar-refractivity contribution in [3.63, 3.8) is 0 Å². The number of carboxylic acid groups (broad SMARTS) is 1. The number of pyridine rings is 1. The van der Waals surface area contributed by atoms with E-state index in [1.165, 1.54) is 16.8 Å². The van der Waals surface area contributed by atoms with Crippen LogP contribution in [0.25, 0.3) is 16.6 Å². The Bertz CT molecular complexity index is 1090. The van der Waals surface area contributed by atoms with Crippen LogP contribution in [0.1, 0.15) is 18.7 Å². The first kappa shape index (κ1) is 19.6. The lowest BCUT2D eigenvalue weighted by Crippen LogP contribution is -2.25. The first-order valence-electron chi connectivity index (χ1n) is 8.47. The van der Waals surface area contributed by atoms with Crippen LogP contribution in [0, 0.1) is 5.82 Å². The smallest absolute Gasteiger partial charge is 0.404 e. The number of benzene rings is 1. The zero-order valence-electron chi connectivity index (χ0n) is 14.7. The van der Waals surface area contributed by atoms with Crippen LogP contribution in [-0.4, -0.2) is 32.3 Å². The molecule has 0 unspecified atom stereocenters. The molecule has 8 nitrogen and oxygen atoms in total. The second kappa shape index (κ2) is 8.22. The summed E-state index contributed by atoms with van der Waals surface area (Å²) in [4.78, 5) is 32.1. The maximum Gasteiger partial charge on any atom is 0.404 e. The van der Waals surface area contributed by atoms with Gasteiger partial charge in [0.2, 0.25) is 0 Å². The summed E-state index contributed by atoms with van der Waals surface area (Å²) >= 11 is 6.02. The third-order valence-electron chi connectivity index (χ3n) is 4.13. The molecule has 2 heterocycles. The monoisotopic (exact) mass is 405 g/mol. The summed E-state index contributed by atoms with van der Waals surface area (Å²) in [6.07, 6.45) is 1.86. The minimum atomic E-state index is -1.09. The zero-order chi connectivity index (χ0) is 20.3. The number of anilines is 1. The summed E-state index contributed by atoms with van der Waals surface area (Å²) in [5.41, 5.74) is 5.81. The van der Waals surface area contributed by atoms with E-state index in [-0.39, 0.29) is 28.3 Å². The first-order valence-corrected chi connectivity index (χ1v) is 8.84. The Balaban J connectivity index is 2.06. The maximum atomic E-state index is 13.9. The molecular weight excluding hydrogens is 389 g/mol. The molecule has 0 bridgehead atoms. The molecule has 0 saturated heterocycles. The highest BCUT2D eigenvalue weighted by Crippen LogP contribution is 2.24. The number of aromatic nitrogens is 3. The van der Waals surface area contributed by atoms with E-state index in [0.717, 1.165) is 6.07 Å². The maximum absolute atomic E-state index is 13.9. The number of rotatable bonds is 6. The van der Waals surface area contributed by atoms with Gasteiger partial charge >= 0.3 is 6.09 Å². The van der Waals surface area contributed by atoms with Crippen molar-refractivity contribution in [2.45, 2.75) is 19.3 Å². The van der Waals surface area contributed by atoms with Gasteiger partial charge in [0.15, 0.2) is 0 Å². The van der Waals surface area contributed by atoms with Gasteiger partial charge in [0.05, 0.1) is 27.8 Å². The van der Waals surface area contributed by atoms with Crippen molar-refractivity contribution in [2.75, 3.05) is 12.3 Å². The fourth-order valence-electron chi connectivity index (χ4n) is 2.82. The summed E-state index contributed by atoms with van der Waals surface area (Å²) in [5, 5.41) is 10.6. The quantitative estimate of drug-likeness (QED) is 0.542. The van der Waals surface area contributed by atoms with Crippen LogP contribution in [0.3, 0.4) is 0 Å². The van der Waals surface area contributed by atoms with Crippen LogP contribution < -0.4 is 16.6 Å². The first-order chi connectivity index (χ1) is 13.4. The Morgan fingerprint density at radius 3 is 2.75 bits per heavy atom. The number of unbranched alkanes of at least 4 members (excludes halogenated alkanes) is 1. The lowest BCUT2D eigenvalue weighted by atomic mass is 10.2. The molecule has 0 saturated carbocycles. The average Bonchev–Trinajstić information content (AvgIpc) is 2.65. The Hall–Kier alpha value is -3.20. The van der Waals surface area contributed by atoms with Gasteiger partial charge in [0, 0.05) is 13.0 Å². The number of amides is 1. The van der Waals surface area contributed by atoms with E-state index >= 15 is 0 Å². The van der Waals surface area contributed by atoms with Crippen molar-refractivity contribution in [3.05, 3.63) is 57.5 Å². The number of nitrogens with two attached hydrogens (primary N) is 1. The minimum Gasteiger partial charge on any atom is -0.465 e. The highest BCUT2D eigenvalue weighted by Gasteiger charge is 2.17. The molecule has 0 atom stereocenters. The Morgan fingerprint density at radius 1 is 1.29 bits per heavy atom. The van der Waals surface area contributed by atoms with Gasteiger partial charge in [0.1, 0.15) is 17.5 Å².